The summed E-state index contributed by atoms with van der Waals surface area (Å²) in [4.78, 5) is 23.4. The third kappa shape index (κ3) is 3.74. The number of ether oxygens (including phenoxy) is 2. The van der Waals surface area contributed by atoms with Crippen molar-refractivity contribution in [2.24, 2.45) is 11.8 Å². The molecule has 0 amide bonds. The largest absolute Gasteiger partial charge is 0.461 e. The normalized spacial score (nSPS) is 33.4. The Hall–Kier alpha value is -1.58. The Balaban J connectivity index is 2.36. The smallest absolute Gasteiger partial charge is 0.309 e. The van der Waals surface area contributed by atoms with Crippen LogP contribution in [-0.4, -0.2) is 24.1 Å². The van der Waals surface area contributed by atoms with Gasteiger partial charge in [0.15, 0.2) is 0 Å². The Morgan fingerprint density at radius 1 is 1.33 bits per heavy atom. The molecule has 0 spiro atoms. The summed E-state index contributed by atoms with van der Waals surface area (Å²) in [6, 6.07) is 0. The maximum Gasteiger partial charge on any atom is 0.309 e. The molecule has 1 saturated heterocycles. The lowest BCUT2D eigenvalue weighted by molar-refractivity contribution is -0.147. The van der Waals surface area contributed by atoms with Gasteiger partial charge in [0.1, 0.15) is 12.2 Å². The number of hydrogen-bond donors (Lipinski definition) is 0. The van der Waals surface area contributed by atoms with Crippen molar-refractivity contribution in [3.63, 3.8) is 0 Å². The lowest BCUT2D eigenvalue weighted by Gasteiger charge is -2.27. The van der Waals surface area contributed by atoms with Crippen molar-refractivity contribution < 1.29 is 19.1 Å². The highest BCUT2D eigenvalue weighted by Gasteiger charge is 2.46. The number of fused-ring (bicyclic) bond motifs is 1. The molecule has 4 nitrogen and oxygen atoms in total. The van der Waals surface area contributed by atoms with Gasteiger partial charge in [0.25, 0.3) is 0 Å². The molecule has 1 aliphatic heterocycles. The summed E-state index contributed by atoms with van der Waals surface area (Å²) in [6.07, 6.45) is 6.21. The topological polar surface area (TPSA) is 52.6 Å². The summed E-state index contributed by atoms with van der Waals surface area (Å²) in [7, 11) is 0. The fraction of sp³-hybridized carbons (Fsp3) is 0.647. The number of esters is 2. The zero-order valence-electron chi connectivity index (χ0n) is 13.2. The van der Waals surface area contributed by atoms with E-state index in [1.54, 1.807) is 0 Å². The molecular weight excluding hydrogens is 268 g/mol. The summed E-state index contributed by atoms with van der Waals surface area (Å²) in [5, 5.41) is 0. The summed E-state index contributed by atoms with van der Waals surface area (Å²) < 4.78 is 11.0. The van der Waals surface area contributed by atoms with E-state index in [1.807, 2.05) is 19.9 Å². The Morgan fingerprint density at radius 2 is 2.05 bits per heavy atom. The molecule has 0 bridgehead atoms. The van der Waals surface area contributed by atoms with Crippen molar-refractivity contribution in [3.8, 4) is 0 Å². The van der Waals surface area contributed by atoms with Crippen LogP contribution in [0.2, 0.25) is 0 Å². The van der Waals surface area contributed by atoms with Crippen molar-refractivity contribution in [3.05, 3.63) is 23.3 Å². The maximum absolute atomic E-state index is 12.0. The molecule has 21 heavy (non-hydrogen) atoms. The monoisotopic (exact) mass is 292 g/mol. The number of carbonyl (C=O) groups excluding carboxylic acids is 2. The summed E-state index contributed by atoms with van der Waals surface area (Å²) >= 11 is 0. The van der Waals surface area contributed by atoms with Crippen molar-refractivity contribution in [2.45, 2.75) is 59.2 Å². The Morgan fingerprint density at radius 3 is 2.71 bits per heavy atom. The Kier molecular flexibility index (Phi) is 4.86. The van der Waals surface area contributed by atoms with Gasteiger partial charge in [0.05, 0.1) is 11.8 Å². The van der Waals surface area contributed by atoms with Crippen LogP contribution in [0.3, 0.4) is 0 Å². The summed E-state index contributed by atoms with van der Waals surface area (Å²) in [5.41, 5.74) is 2.40. The van der Waals surface area contributed by atoms with Crippen LogP contribution in [0.5, 0.6) is 0 Å². The first-order valence-electron chi connectivity index (χ1n) is 7.59. The molecular formula is C17H24O4. The van der Waals surface area contributed by atoms with Gasteiger partial charge < -0.3 is 9.47 Å². The van der Waals surface area contributed by atoms with Gasteiger partial charge in [-0.1, -0.05) is 24.1 Å². The van der Waals surface area contributed by atoms with Crippen LogP contribution >= 0.6 is 0 Å². The van der Waals surface area contributed by atoms with Gasteiger partial charge in [-0.05, 0) is 32.8 Å². The average molecular weight is 292 g/mol. The second-order valence-electron chi connectivity index (χ2n) is 6.22. The van der Waals surface area contributed by atoms with Gasteiger partial charge in [0.2, 0.25) is 0 Å². The van der Waals surface area contributed by atoms with E-state index in [2.05, 4.69) is 13.0 Å². The third-order valence-electron chi connectivity index (χ3n) is 4.33. The highest BCUT2D eigenvalue weighted by atomic mass is 16.6. The minimum Gasteiger partial charge on any atom is -0.461 e. The van der Waals surface area contributed by atoms with Crippen LogP contribution in [-0.2, 0) is 19.1 Å². The predicted octanol–water partition coefficient (Wildman–Crippen LogP) is 3.17. The van der Waals surface area contributed by atoms with Gasteiger partial charge in [-0.2, -0.15) is 0 Å². The molecule has 1 heterocycles. The Bertz CT molecular complexity index is 489. The van der Waals surface area contributed by atoms with Crippen molar-refractivity contribution in [1.29, 1.82) is 0 Å². The van der Waals surface area contributed by atoms with Crippen LogP contribution in [0.15, 0.2) is 23.3 Å². The van der Waals surface area contributed by atoms with E-state index < -0.39 is 0 Å². The molecule has 2 aliphatic rings. The molecule has 0 N–H and O–H groups in total. The minimum absolute atomic E-state index is 0.113. The minimum atomic E-state index is -0.389. The van der Waals surface area contributed by atoms with Gasteiger partial charge in [0, 0.05) is 13.3 Å². The fourth-order valence-corrected chi connectivity index (χ4v) is 3.21. The number of allylic oxidation sites excluding steroid dienone is 2. The number of hydrogen-bond acceptors (Lipinski definition) is 4. The van der Waals surface area contributed by atoms with Gasteiger partial charge in [-0.3, -0.25) is 9.59 Å². The molecule has 0 aromatic carbocycles. The van der Waals surface area contributed by atoms with Crippen LogP contribution in [0.4, 0.5) is 0 Å². The molecule has 0 unspecified atom stereocenters. The van der Waals surface area contributed by atoms with Gasteiger partial charge >= 0.3 is 11.9 Å². The van der Waals surface area contributed by atoms with E-state index in [1.165, 1.54) is 18.1 Å². The van der Waals surface area contributed by atoms with Crippen molar-refractivity contribution >= 4 is 11.9 Å². The lowest BCUT2D eigenvalue weighted by atomic mass is 9.82. The molecule has 1 aliphatic carbocycles. The average Bonchev–Trinajstić information content (AvgIpc) is 2.62. The van der Waals surface area contributed by atoms with Gasteiger partial charge in [-0.25, -0.2) is 0 Å². The maximum atomic E-state index is 12.0. The summed E-state index contributed by atoms with van der Waals surface area (Å²) in [5.74, 6) is -0.882. The molecule has 116 valence electrons. The Labute approximate surface area is 126 Å². The molecule has 4 atom stereocenters. The molecule has 0 aromatic rings. The fourth-order valence-electron chi connectivity index (χ4n) is 3.21. The highest BCUT2D eigenvalue weighted by molar-refractivity contribution is 5.75. The molecule has 1 fully saturated rings. The molecule has 0 aromatic heterocycles. The molecule has 0 radical (unpaired) electrons. The zero-order valence-corrected chi connectivity index (χ0v) is 13.2. The number of carbonyl (C=O) groups is 2. The van der Waals surface area contributed by atoms with E-state index in [0.717, 1.165) is 12.8 Å². The van der Waals surface area contributed by atoms with Crippen LogP contribution in [0.1, 0.15) is 47.0 Å². The quantitative estimate of drug-likeness (QED) is 0.550. The van der Waals surface area contributed by atoms with Gasteiger partial charge in [-0.15, -0.1) is 0 Å². The van der Waals surface area contributed by atoms with E-state index >= 15 is 0 Å². The standard InChI is InChI=1S/C17H24O4/c1-10-6-5-7-11(2)9-15-16(12(3)17(19)21-15)14(8-10)20-13(4)18/h7-8,12,14-16H,5-6,9H2,1-4H3/t12-,14-,15+,16+/m1/s1. The molecule has 4 heteroatoms. The van der Waals surface area contributed by atoms with Crippen LogP contribution < -0.4 is 0 Å². The summed E-state index contributed by atoms with van der Waals surface area (Å²) in [6.45, 7) is 7.37. The van der Waals surface area contributed by atoms with Crippen molar-refractivity contribution in [1.82, 2.24) is 0 Å². The van der Waals surface area contributed by atoms with Crippen molar-refractivity contribution in [2.75, 3.05) is 0 Å². The second kappa shape index (κ2) is 6.46. The SMILES string of the molecule is CC(=O)O[C@@H]1C=C(C)CCC=C(C)C[C@@H]2OC(=O)[C@H](C)[C@H]21. The highest BCUT2D eigenvalue weighted by Crippen LogP contribution is 2.37. The molecule has 2 rings (SSSR count). The predicted molar refractivity (Wildman–Crippen MR) is 79.5 cm³/mol. The molecule has 0 saturated carbocycles. The van der Waals surface area contributed by atoms with E-state index in [4.69, 9.17) is 9.47 Å². The van der Waals surface area contributed by atoms with Crippen LogP contribution in [0, 0.1) is 11.8 Å². The van der Waals surface area contributed by atoms with E-state index in [-0.39, 0.29) is 36.0 Å². The van der Waals surface area contributed by atoms with E-state index in [9.17, 15) is 9.59 Å². The zero-order chi connectivity index (χ0) is 15.6. The second-order valence-corrected chi connectivity index (χ2v) is 6.22. The third-order valence-corrected chi connectivity index (χ3v) is 4.33. The number of rotatable bonds is 1. The first kappa shape index (κ1) is 15.8. The first-order valence-corrected chi connectivity index (χ1v) is 7.59. The van der Waals surface area contributed by atoms with E-state index in [0.29, 0.717) is 6.42 Å². The lowest BCUT2D eigenvalue weighted by Crippen LogP contribution is -2.34. The van der Waals surface area contributed by atoms with Crippen LogP contribution in [0.25, 0.3) is 0 Å². The first-order chi connectivity index (χ1) is 9.88.